The van der Waals surface area contributed by atoms with Crippen molar-refractivity contribution in [3.63, 3.8) is 0 Å². The van der Waals surface area contributed by atoms with E-state index in [9.17, 15) is 0 Å². The van der Waals surface area contributed by atoms with E-state index in [0.717, 1.165) is 28.2 Å². The van der Waals surface area contributed by atoms with Gasteiger partial charge in [0.15, 0.2) is 0 Å². The molecule has 0 aliphatic carbocycles. The Labute approximate surface area is 365 Å². The van der Waals surface area contributed by atoms with Gasteiger partial charge in [0.2, 0.25) is 0 Å². The molecule has 0 aliphatic rings. The van der Waals surface area contributed by atoms with Crippen LogP contribution in [0.4, 0.5) is 17.1 Å². The highest BCUT2D eigenvalue weighted by Gasteiger charge is 2.23. The van der Waals surface area contributed by atoms with Crippen molar-refractivity contribution in [3.05, 3.63) is 237 Å². The largest absolute Gasteiger partial charge is 0.309 e. The van der Waals surface area contributed by atoms with Gasteiger partial charge in [-0.2, -0.15) is 0 Å². The summed E-state index contributed by atoms with van der Waals surface area (Å²) in [4.78, 5) is 2.50. The second-order valence-corrected chi connectivity index (χ2v) is 17.1. The molecule has 1 nitrogen and oxygen atoms in total. The average molecular weight is 806 g/mol. The topological polar surface area (TPSA) is 3.24 Å². The number of nitrogens with zero attached hydrogens (tertiary/aromatic N) is 1. The van der Waals surface area contributed by atoms with E-state index in [1.807, 2.05) is 11.3 Å². The molecule has 2 heteroatoms. The standard InChI is InChI=1S/C60H39NS/c1-3-18-41(19-4-1)58-51-27-10-9-26-49(51)50-36-35-46(39-53(50)59(58)42-20-5-2-6-21-42)48-25-11-13-29-54(48)61(55-30-16-32-57-60(55)52-28-12-14-31-56(52)62-57)47-24-15-23-44(38-47)45-34-33-40-17-7-8-22-43(40)37-45/h1-39H. The minimum Gasteiger partial charge on any atom is -0.309 e. The van der Waals surface area contributed by atoms with E-state index in [-0.39, 0.29) is 0 Å². The quantitative estimate of drug-likeness (QED) is 0.145. The minimum absolute atomic E-state index is 1.11. The first-order valence-electron chi connectivity index (χ1n) is 21.3. The number of rotatable bonds is 7. The number of hydrogen-bond donors (Lipinski definition) is 0. The molecule has 1 aromatic heterocycles. The van der Waals surface area contributed by atoms with Crippen molar-refractivity contribution in [2.45, 2.75) is 0 Å². The Hall–Kier alpha value is -7.78. The lowest BCUT2D eigenvalue weighted by Crippen LogP contribution is -2.11. The van der Waals surface area contributed by atoms with E-state index in [4.69, 9.17) is 0 Å². The van der Waals surface area contributed by atoms with Crippen molar-refractivity contribution in [3.8, 4) is 44.5 Å². The van der Waals surface area contributed by atoms with Crippen LogP contribution in [-0.4, -0.2) is 0 Å². The number of thiophene rings is 1. The van der Waals surface area contributed by atoms with Gasteiger partial charge in [-0.15, -0.1) is 11.3 Å². The highest BCUT2D eigenvalue weighted by Crippen LogP contribution is 2.50. The monoisotopic (exact) mass is 805 g/mol. The third-order valence-corrected chi connectivity index (χ3v) is 13.6. The molecule has 290 valence electrons. The molecule has 0 unspecified atom stereocenters. The molecule has 0 aliphatic heterocycles. The van der Waals surface area contributed by atoms with Gasteiger partial charge in [-0.25, -0.2) is 0 Å². The van der Waals surface area contributed by atoms with Gasteiger partial charge in [-0.1, -0.05) is 188 Å². The van der Waals surface area contributed by atoms with E-state index in [2.05, 4.69) is 241 Å². The molecular weight excluding hydrogens is 767 g/mol. The zero-order valence-electron chi connectivity index (χ0n) is 33.9. The van der Waals surface area contributed by atoms with Gasteiger partial charge >= 0.3 is 0 Å². The second kappa shape index (κ2) is 15.0. The van der Waals surface area contributed by atoms with Gasteiger partial charge in [-0.05, 0) is 120 Å². The maximum atomic E-state index is 2.50. The number of para-hydroxylation sites is 1. The van der Waals surface area contributed by atoms with Crippen LogP contribution in [0.15, 0.2) is 237 Å². The van der Waals surface area contributed by atoms with E-state index in [0.29, 0.717) is 0 Å². The predicted molar refractivity (Wildman–Crippen MR) is 268 cm³/mol. The second-order valence-electron chi connectivity index (χ2n) is 16.0. The third-order valence-electron chi connectivity index (χ3n) is 12.4. The van der Waals surface area contributed by atoms with Gasteiger partial charge < -0.3 is 4.90 Å². The molecule has 0 bridgehead atoms. The van der Waals surface area contributed by atoms with E-state index in [1.54, 1.807) is 0 Å². The maximum Gasteiger partial charge on any atom is 0.0555 e. The molecule has 0 atom stereocenters. The van der Waals surface area contributed by atoms with Gasteiger partial charge in [0.25, 0.3) is 0 Å². The van der Waals surface area contributed by atoms with Crippen LogP contribution in [0.25, 0.3) is 97.0 Å². The summed E-state index contributed by atoms with van der Waals surface area (Å²) in [6.07, 6.45) is 0. The summed E-state index contributed by atoms with van der Waals surface area (Å²) in [5, 5.41) is 10.0. The molecule has 0 amide bonds. The van der Waals surface area contributed by atoms with Crippen molar-refractivity contribution in [1.29, 1.82) is 0 Å². The highest BCUT2D eigenvalue weighted by atomic mass is 32.1. The smallest absolute Gasteiger partial charge is 0.0555 e. The minimum atomic E-state index is 1.11. The molecule has 1 heterocycles. The van der Waals surface area contributed by atoms with Crippen LogP contribution in [0.3, 0.4) is 0 Å². The fraction of sp³-hybridized carbons (Fsp3) is 0. The van der Waals surface area contributed by atoms with Crippen molar-refractivity contribution >= 4 is 80.9 Å². The fourth-order valence-electron chi connectivity index (χ4n) is 9.62. The molecule has 12 rings (SSSR count). The van der Waals surface area contributed by atoms with Crippen LogP contribution in [-0.2, 0) is 0 Å². The molecule has 0 N–H and O–H groups in total. The van der Waals surface area contributed by atoms with Crippen molar-refractivity contribution in [2.75, 3.05) is 4.90 Å². The van der Waals surface area contributed by atoms with Crippen LogP contribution in [0.5, 0.6) is 0 Å². The van der Waals surface area contributed by atoms with E-state index in [1.165, 1.54) is 85.9 Å². The summed E-state index contributed by atoms with van der Waals surface area (Å²) in [5.41, 5.74) is 13.0. The van der Waals surface area contributed by atoms with Crippen LogP contribution in [0.1, 0.15) is 0 Å². The van der Waals surface area contributed by atoms with E-state index < -0.39 is 0 Å². The molecule has 0 fully saturated rings. The predicted octanol–water partition coefficient (Wildman–Crippen LogP) is 17.7. The summed E-state index contributed by atoms with van der Waals surface area (Å²) in [7, 11) is 0. The lowest BCUT2D eigenvalue weighted by atomic mass is 9.84. The van der Waals surface area contributed by atoms with Gasteiger partial charge in [0.05, 0.1) is 11.4 Å². The summed E-state index contributed by atoms with van der Waals surface area (Å²) >= 11 is 1.86. The molecule has 11 aromatic carbocycles. The molecule has 0 radical (unpaired) electrons. The zero-order valence-corrected chi connectivity index (χ0v) is 34.7. The number of anilines is 3. The number of fused-ring (bicyclic) bond motifs is 7. The first-order chi connectivity index (χ1) is 30.8. The normalized spacial score (nSPS) is 11.5. The van der Waals surface area contributed by atoms with Crippen LogP contribution in [0, 0.1) is 0 Å². The number of hydrogen-bond acceptors (Lipinski definition) is 2. The van der Waals surface area contributed by atoms with Crippen LogP contribution in [0.2, 0.25) is 0 Å². The Morgan fingerprint density at radius 1 is 0.290 bits per heavy atom. The lowest BCUT2D eigenvalue weighted by molar-refractivity contribution is 1.30. The number of benzene rings is 11. The Morgan fingerprint density at radius 2 is 0.855 bits per heavy atom. The average Bonchev–Trinajstić information content (AvgIpc) is 3.74. The van der Waals surface area contributed by atoms with Crippen molar-refractivity contribution < 1.29 is 0 Å². The maximum absolute atomic E-state index is 2.50. The van der Waals surface area contributed by atoms with Crippen molar-refractivity contribution in [2.24, 2.45) is 0 Å². The lowest BCUT2D eigenvalue weighted by Gasteiger charge is -2.29. The summed E-state index contributed by atoms with van der Waals surface area (Å²) in [5.74, 6) is 0. The van der Waals surface area contributed by atoms with Crippen LogP contribution >= 0.6 is 11.3 Å². The van der Waals surface area contributed by atoms with Crippen LogP contribution < -0.4 is 4.90 Å². The SMILES string of the molecule is c1ccc(-c2c(-c3ccccc3)c3cc(-c4ccccc4N(c4cccc(-c5ccc6ccccc6c5)c4)c4cccc5sc6ccccc6c45)ccc3c3ccccc23)cc1. The van der Waals surface area contributed by atoms with Crippen molar-refractivity contribution in [1.82, 2.24) is 0 Å². The fourth-order valence-corrected chi connectivity index (χ4v) is 10.8. The van der Waals surface area contributed by atoms with Gasteiger partial charge in [0, 0.05) is 31.4 Å². The molecule has 62 heavy (non-hydrogen) atoms. The third kappa shape index (κ3) is 6.07. The Bertz CT molecular complexity index is 3640. The molecular formula is C60H39NS. The Balaban J connectivity index is 1.13. The van der Waals surface area contributed by atoms with Gasteiger partial charge in [-0.3, -0.25) is 0 Å². The summed E-state index contributed by atoms with van der Waals surface area (Å²) in [6.45, 7) is 0. The molecule has 0 saturated heterocycles. The highest BCUT2D eigenvalue weighted by molar-refractivity contribution is 7.26. The summed E-state index contributed by atoms with van der Waals surface area (Å²) in [6, 6.07) is 86.9. The van der Waals surface area contributed by atoms with Gasteiger partial charge in [0.1, 0.15) is 0 Å². The molecule has 12 aromatic rings. The Kier molecular flexibility index (Phi) is 8.76. The first kappa shape index (κ1) is 36.1. The molecule has 0 saturated carbocycles. The van der Waals surface area contributed by atoms with E-state index >= 15 is 0 Å². The Morgan fingerprint density at radius 3 is 1.68 bits per heavy atom. The molecule has 0 spiro atoms. The zero-order chi connectivity index (χ0) is 41.0. The summed E-state index contributed by atoms with van der Waals surface area (Å²) < 4.78 is 2.56. The first-order valence-corrected chi connectivity index (χ1v) is 22.1.